The topological polar surface area (TPSA) is 26.3 Å². The van der Waals surface area contributed by atoms with Crippen LogP contribution >= 0.6 is 0 Å². The Balaban J connectivity index is 2.75. The summed E-state index contributed by atoms with van der Waals surface area (Å²) in [5, 5.41) is 0. The molecular formula is C12H16O2. The third-order valence-electron chi connectivity index (χ3n) is 2.02. The summed E-state index contributed by atoms with van der Waals surface area (Å²) in [6.07, 6.45) is 1.30. The van der Waals surface area contributed by atoms with E-state index in [2.05, 4.69) is 0 Å². The summed E-state index contributed by atoms with van der Waals surface area (Å²) in [7, 11) is 0. The number of carbonyl (C=O) groups excluding carboxylic acids is 1. The van der Waals surface area contributed by atoms with Crippen LogP contribution in [0.3, 0.4) is 0 Å². The first-order chi connectivity index (χ1) is 6.63. The third kappa shape index (κ3) is 2.87. The average Bonchev–Trinajstić information content (AvgIpc) is 2.12. The molecule has 0 aliphatic rings. The molecular weight excluding hydrogens is 176 g/mol. The number of ether oxygens (including phenoxy) is 1. The standard InChI is InChI=1S/C12H16O2/c1-4-5-12(13)14-11-8-9(2)6-7-10(11)3/h6-8H,4-5H2,1-3H3. The second-order valence-corrected chi connectivity index (χ2v) is 3.49. The summed E-state index contributed by atoms with van der Waals surface area (Å²) in [6, 6.07) is 5.86. The Morgan fingerprint density at radius 1 is 1.36 bits per heavy atom. The van der Waals surface area contributed by atoms with E-state index in [-0.39, 0.29) is 5.97 Å². The van der Waals surface area contributed by atoms with E-state index in [1.165, 1.54) is 0 Å². The third-order valence-corrected chi connectivity index (χ3v) is 2.02. The first-order valence-corrected chi connectivity index (χ1v) is 4.91. The largest absolute Gasteiger partial charge is 0.426 e. The molecule has 1 aromatic carbocycles. The molecule has 0 unspecified atom stereocenters. The predicted molar refractivity (Wildman–Crippen MR) is 56.5 cm³/mol. The highest BCUT2D eigenvalue weighted by molar-refractivity contribution is 5.72. The number of hydrogen-bond acceptors (Lipinski definition) is 2. The highest BCUT2D eigenvalue weighted by Crippen LogP contribution is 2.19. The van der Waals surface area contributed by atoms with Gasteiger partial charge in [0.15, 0.2) is 0 Å². The maximum absolute atomic E-state index is 11.3. The molecule has 0 atom stereocenters. The van der Waals surface area contributed by atoms with Gasteiger partial charge in [0.05, 0.1) is 0 Å². The van der Waals surface area contributed by atoms with E-state index in [0.717, 1.165) is 17.5 Å². The van der Waals surface area contributed by atoms with Crippen molar-refractivity contribution in [2.75, 3.05) is 0 Å². The molecule has 14 heavy (non-hydrogen) atoms. The maximum atomic E-state index is 11.3. The second-order valence-electron chi connectivity index (χ2n) is 3.49. The van der Waals surface area contributed by atoms with Gasteiger partial charge in [-0.25, -0.2) is 0 Å². The fourth-order valence-corrected chi connectivity index (χ4v) is 1.20. The van der Waals surface area contributed by atoms with Crippen LogP contribution in [0.4, 0.5) is 0 Å². The van der Waals surface area contributed by atoms with E-state index >= 15 is 0 Å². The average molecular weight is 192 g/mol. The molecule has 0 fully saturated rings. The van der Waals surface area contributed by atoms with Gasteiger partial charge in [-0.3, -0.25) is 4.79 Å². The van der Waals surface area contributed by atoms with Crippen LogP contribution in [0.15, 0.2) is 18.2 Å². The van der Waals surface area contributed by atoms with Gasteiger partial charge in [0.25, 0.3) is 0 Å². The van der Waals surface area contributed by atoms with Gasteiger partial charge >= 0.3 is 5.97 Å². The lowest BCUT2D eigenvalue weighted by Crippen LogP contribution is -2.07. The monoisotopic (exact) mass is 192 g/mol. The minimum absolute atomic E-state index is 0.152. The molecule has 0 aromatic heterocycles. The zero-order valence-corrected chi connectivity index (χ0v) is 8.96. The van der Waals surface area contributed by atoms with Crippen molar-refractivity contribution in [2.45, 2.75) is 33.6 Å². The van der Waals surface area contributed by atoms with Gasteiger partial charge in [-0.15, -0.1) is 0 Å². The van der Waals surface area contributed by atoms with Crippen molar-refractivity contribution in [1.82, 2.24) is 0 Å². The van der Waals surface area contributed by atoms with Gasteiger partial charge in [-0.2, -0.15) is 0 Å². The van der Waals surface area contributed by atoms with Gasteiger partial charge in [0.2, 0.25) is 0 Å². The molecule has 0 aliphatic carbocycles. The smallest absolute Gasteiger partial charge is 0.311 e. The maximum Gasteiger partial charge on any atom is 0.311 e. The van der Waals surface area contributed by atoms with Crippen LogP contribution in [-0.2, 0) is 4.79 Å². The van der Waals surface area contributed by atoms with Crippen LogP contribution < -0.4 is 4.74 Å². The van der Waals surface area contributed by atoms with Crippen molar-refractivity contribution < 1.29 is 9.53 Å². The molecule has 1 aromatic rings. The minimum Gasteiger partial charge on any atom is -0.426 e. The summed E-state index contributed by atoms with van der Waals surface area (Å²) < 4.78 is 5.23. The lowest BCUT2D eigenvalue weighted by molar-refractivity contribution is -0.134. The Morgan fingerprint density at radius 3 is 2.71 bits per heavy atom. The second kappa shape index (κ2) is 4.80. The lowest BCUT2D eigenvalue weighted by atomic mass is 10.1. The molecule has 0 bridgehead atoms. The first-order valence-electron chi connectivity index (χ1n) is 4.91. The Bertz CT molecular complexity index is 329. The highest BCUT2D eigenvalue weighted by atomic mass is 16.5. The quantitative estimate of drug-likeness (QED) is 0.543. The molecule has 0 radical (unpaired) electrons. The van der Waals surface area contributed by atoms with Crippen molar-refractivity contribution in [3.8, 4) is 5.75 Å². The molecule has 2 heteroatoms. The van der Waals surface area contributed by atoms with E-state index < -0.39 is 0 Å². The minimum atomic E-state index is -0.152. The van der Waals surface area contributed by atoms with Gasteiger partial charge in [-0.1, -0.05) is 19.1 Å². The fraction of sp³-hybridized carbons (Fsp3) is 0.417. The van der Waals surface area contributed by atoms with Crippen LogP contribution in [0, 0.1) is 13.8 Å². The lowest BCUT2D eigenvalue weighted by Gasteiger charge is -2.07. The van der Waals surface area contributed by atoms with E-state index in [1.54, 1.807) is 0 Å². The Kier molecular flexibility index (Phi) is 3.69. The SMILES string of the molecule is CCCC(=O)Oc1cc(C)ccc1C. The number of aryl methyl sites for hydroxylation is 2. The Labute approximate surface area is 84.9 Å². The zero-order valence-electron chi connectivity index (χ0n) is 8.96. The number of benzene rings is 1. The molecule has 0 amide bonds. The summed E-state index contributed by atoms with van der Waals surface area (Å²) in [4.78, 5) is 11.3. The molecule has 0 spiro atoms. The number of esters is 1. The van der Waals surface area contributed by atoms with E-state index in [1.807, 2.05) is 39.0 Å². The molecule has 0 saturated carbocycles. The summed E-state index contributed by atoms with van der Waals surface area (Å²) >= 11 is 0. The van der Waals surface area contributed by atoms with Gasteiger partial charge in [-0.05, 0) is 37.5 Å². The zero-order chi connectivity index (χ0) is 10.6. The van der Waals surface area contributed by atoms with Crippen molar-refractivity contribution in [3.05, 3.63) is 29.3 Å². The van der Waals surface area contributed by atoms with Crippen LogP contribution in [0.25, 0.3) is 0 Å². The molecule has 1 rings (SSSR count). The first kappa shape index (κ1) is 10.8. The van der Waals surface area contributed by atoms with E-state index in [4.69, 9.17) is 4.74 Å². The van der Waals surface area contributed by atoms with Crippen LogP contribution in [0.1, 0.15) is 30.9 Å². The number of hydrogen-bond donors (Lipinski definition) is 0. The molecule has 2 nitrogen and oxygen atoms in total. The summed E-state index contributed by atoms with van der Waals surface area (Å²) in [5.74, 6) is 0.532. The normalized spacial score (nSPS) is 9.93. The van der Waals surface area contributed by atoms with Crippen molar-refractivity contribution in [1.29, 1.82) is 0 Å². The molecule has 76 valence electrons. The number of rotatable bonds is 3. The van der Waals surface area contributed by atoms with E-state index in [0.29, 0.717) is 12.2 Å². The predicted octanol–water partition coefficient (Wildman–Crippen LogP) is 3.01. The summed E-state index contributed by atoms with van der Waals surface area (Å²) in [6.45, 7) is 5.88. The van der Waals surface area contributed by atoms with Gasteiger partial charge in [0.1, 0.15) is 5.75 Å². The Hall–Kier alpha value is -1.31. The van der Waals surface area contributed by atoms with E-state index in [9.17, 15) is 4.79 Å². The Morgan fingerprint density at radius 2 is 2.07 bits per heavy atom. The summed E-state index contributed by atoms with van der Waals surface area (Å²) in [5.41, 5.74) is 2.11. The molecule has 0 saturated heterocycles. The number of carbonyl (C=O) groups is 1. The molecule has 0 N–H and O–H groups in total. The van der Waals surface area contributed by atoms with Crippen LogP contribution in [0.2, 0.25) is 0 Å². The van der Waals surface area contributed by atoms with Crippen molar-refractivity contribution >= 4 is 5.97 Å². The van der Waals surface area contributed by atoms with Crippen LogP contribution in [0.5, 0.6) is 5.75 Å². The van der Waals surface area contributed by atoms with Crippen molar-refractivity contribution in [3.63, 3.8) is 0 Å². The molecule has 0 aliphatic heterocycles. The van der Waals surface area contributed by atoms with Gasteiger partial charge in [0, 0.05) is 6.42 Å². The van der Waals surface area contributed by atoms with Crippen LogP contribution in [-0.4, -0.2) is 5.97 Å². The van der Waals surface area contributed by atoms with Gasteiger partial charge < -0.3 is 4.74 Å². The van der Waals surface area contributed by atoms with Crippen molar-refractivity contribution in [2.24, 2.45) is 0 Å². The molecule has 0 heterocycles. The fourth-order valence-electron chi connectivity index (χ4n) is 1.20. The highest BCUT2D eigenvalue weighted by Gasteiger charge is 2.05.